The van der Waals surface area contributed by atoms with E-state index in [1.807, 2.05) is 6.92 Å². The van der Waals surface area contributed by atoms with Gasteiger partial charge in [0.1, 0.15) is 0 Å². The van der Waals surface area contributed by atoms with Gasteiger partial charge in [-0.3, -0.25) is 4.79 Å². The lowest BCUT2D eigenvalue weighted by atomic mass is 9.97. The molecule has 1 aromatic rings. The summed E-state index contributed by atoms with van der Waals surface area (Å²) in [5.41, 5.74) is 5.11. The van der Waals surface area contributed by atoms with Crippen molar-refractivity contribution in [2.24, 2.45) is 5.73 Å². The van der Waals surface area contributed by atoms with E-state index < -0.39 is 11.4 Å². The summed E-state index contributed by atoms with van der Waals surface area (Å²) in [6, 6.07) is 4.98. The second-order valence-electron chi connectivity index (χ2n) is 5.11. The minimum Gasteiger partial charge on any atom is -0.490 e. The Bertz CT molecular complexity index is 465. The maximum absolute atomic E-state index is 13.8. The summed E-state index contributed by atoms with van der Waals surface area (Å²) >= 11 is 0. The molecule has 0 aromatic heterocycles. The van der Waals surface area contributed by atoms with Crippen LogP contribution in [0.2, 0.25) is 0 Å². The molecule has 3 N–H and O–H groups in total. The van der Waals surface area contributed by atoms with E-state index in [-0.39, 0.29) is 18.2 Å². The summed E-state index contributed by atoms with van der Waals surface area (Å²) in [6.07, 6.45) is 1.28. The van der Waals surface area contributed by atoms with Crippen LogP contribution in [0.3, 0.4) is 0 Å². The second kappa shape index (κ2) is 7.24. The van der Waals surface area contributed by atoms with Gasteiger partial charge in [0.05, 0.1) is 12.1 Å². The van der Waals surface area contributed by atoms with Crippen molar-refractivity contribution in [2.75, 3.05) is 13.2 Å². The van der Waals surface area contributed by atoms with Gasteiger partial charge in [-0.2, -0.15) is 0 Å². The Hall–Kier alpha value is -1.62. The highest BCUT2D eigenvalue weighted by atomic mass is 19.1. The minimum absolute atomic E-state index is 0.201. The Kier molecular flexibility index (Phi) is 5.95. The zero-order valence-electron chi connectivity index (χ0n) is 12.3. The summed E-state index contributed by atoms with van der Waals surface area (Å²) in [6.45, 7) is 6.33. The molecule has 1 atom stereocenters. The molecule has 0 aliphatic rings. The van der Waals surface area contributed by atoms with Crippen molar-refractivity contribution in [3.05, 3.63) is 29.6 Å². The molecule has 1 rings (SSSR count). The molecule has 0 aliphatic heterocycles. The van der Waals surface area contributed by atoms with E-state index in [0.717, 1.165) is 6.42 Å². The standard InChI is InChI=1S/C15H23FN2O2/c1-4-9-18-15(3,14(17)19)8-10-20-12-7-5-6-11(2)13(12)16/h5-7,18H,4,8-10H2,1-3H3,(H2,17,19). The van der Waals surface area contributed by atoms with Gasteiger partial charge in [0, 0.05) is 6.42 Å². The summed E-state index contributed by atoms with van der Waals surface area (Å²) in [5, 5.41) is 3.11. The first-order valence-electron chi connectivity index (χ1n) is 6.83. The molecule has 0 radical (unpaired) electrons. The van der Waals surface area contributed by atoms with E-state index in [0.29, 0.717) is 18.5 Å². The van der Waals surface area contributed by atoms with E-state index >= 15 is 0 Å². The molecule has 0 aliphatic carbocycles. The fourth-order valence-corrected chi connectivity index (χ4v) is 1.80. The quantitative estimate of drug-likeness (QED) is 0.768. The van der Waals surface area contributed by atoms with Crippen LogP contribution < -0.4 is 15.8 Å². The lowest BCUT2D eigenvalue weighted by Crippen LogP contribution is -2.54. The fourth-order valence-electron chi connectivity index (χ4n) is 1.80. The summed E-state index contributed by atoms with van der Waals surface area (Å²) in [7, 11) is 0. The molecule has 0 bridgehead atoms. The molecule has 0 fully saturated rings. The maximum Gasteiger partial charge on any atom is 0.237 e. The molecule has 1 amide bonds. The van der Waals surface area contributed by atoms with Gasteiger partial charge < -0.3 is 15.8 Å². The number of nitrogens with two attached hydrogens (primary N) is 1. The Balaban J connectivity index is 2.60. The number of carbonyl (C=O) groups is 1. The van der Waals surface area contributed by atoms with Crippen LogP contribution in [0.5, 0.6) is 5.75 Å². The third kappa shape index (κ3) is 4.20. The molecule has 0 spiro atoms. The van der Waals surface area contributed by atoms with Crippen LogP contribution in [0.1, 0.15) is 32.3 Å². The van der Waals surface area contributed by atoms with Gasteiger partial charge in [-0.15, -0.1) is 0 Å². The molecule has 0 heterocycles. The molecule has 1 unspecified atom stereocenters. The SMILES string of the molecule is CCCNC(C)(CCOc1cccc(C)c1F)C(N)=O. The molecule has 1 aromatic carbocycles. The molecule has 4 nitrogen and oxygen atoms in total. The number of halogens is 1. The van der Waals surface area contributed by atoms with E-state index in [2.05, 4.69) is 5.32 Å². The minimum atomic E-state index is -0.837. The summed E-state index contributed by atoms with van der Waals surface area (Å²) in [5.74, 6) is -0.596. The van der Waals surface area contributed by atoms with Crippen molar-refractivity contribution >= 4 is 5.91 Å². The van der Waals surface area contributed by atoms with Crippen molar-refractivity contribution in [1.29, 1.82) is 0 Å². The number of ether oxygens (including phenoxy) is 1. The summed E-state index contributed by atoms with van der Waals surface area (Å²) < 4.78 is 19.2. The molecule has 0 saturated carbocycles. The topological polar surface area (TPSA) is 64.3 Å². The van der Waals surface area contributed by atoms with Gasteiger partial charge >= 0.3 is 0 Å². The van der Waals surface area contributed by atoms with Gasteiger partial charge in [-0.1, -0.05) is 19.1 Å². The average Bonchev–Trinajstić information content (AvgIpc) is 2.41. The highest BCUT2D eigenvalue weighted by Crippen LogP contribution is 2.20. The average molecular weight is 282 g/mol. The Morgan fingerprint density at radius 2 is 2.20 bits per heavy atom. The largest absolute Gasteiger partial charge is 0.490 e. The highest BCUT2D eigenvalue weighted by Gasteiger charge is 2.30. The fraction of sp³-hybridized carbons (Fsp3) is 0.533. The lowest BCUT2D eigenvalue weighted by molar-refractivity contribution is -0.124. The van der Waals surface area contributed by atoms with Crippen LogP contribution in [-0.2, 0) is 4.79 Å². The molecular formula is C15H23FN2O2. The molecule has 5 heteroatoms. The number of aryl methyl sites for hydroxylation is 1. The van der Waals surface area contributed by atoms with Crippen molar-refractivity contribution in [2.45, 2.75) is 39.2 Å². The highest BCUT2D eigenvalue weighted by molar-refractivity contribution is 5.84. The van der Waals surface area contributed by atoms with Crippen LogP contribution in [0.25, 0.3) is 0 Å². The first-order chi connectivity index (χ1) is 9.40. The van der Waals surface area contributed by atoms with Crippen LogP contribution in [0, 0.1) is 12.7 Å². The monoisotopic (exact) mass is 282 g/mol. The van der Waals surface area contributed by atoms with Crippen molar-refractivity contribution < 1.29 is 13.9 Å². The van der Waals surface area contributed by atoms with Gasteiger partial charge in [-0.05, 0) is 38.4 Å². The van der Waals surface area contributed by atoms with E-state index in [9.17, 15) is 9.18 Å². The van der Waals surface area contributed by atoms with Crippen molar-refractivity contribution in [3.63, 3.8) is 0 Å². The third-order valence-electron chi connectivity index (χ3n) is 3.32. The predicted octanol–water partition coefficient (Wildman–Crippen LogP) is 2.15. The van der Waals surface area contributed by atoms with E-state index in [1.165, 1.54) is 0 Å². The molecule has 20 heavy (non-hydrogen) atoms. The van der Waals surface area contributed by atoms with Crippen molar-refractivity contribution in [3.8, 4) is 5.75 Å². The number of rotatable bonds is 8. The van der Waals surface area contributed by atoms with Crippen molar-refractivity contribution in [1.82, 2.24) is 5.32 Å². The second-order valence-corrected chi connectivity index (χ2v) is 5.11. The number of primary amides is 1. The van der Waals surface area contributed by atoms with Gasteiger partial charge in [0.2, 0.25) is 5.91 Å². The predicted molar refractivity (Wildman–Crippen MR) is 77.1 cm³/mol. The maximum atomic E-state index is 13.8. The van der Waals surface area contributed by atoms with Gasteiger partial charge in [0.15, 0.2) is 11.6 Å². The number of carbonyl (C=O) groups excluding carboxylic acids is 1. The first-order valence-corrected chi connectivity index (χ1v) is 6.83. The number of benzene rings is 1. The Labute approximate surface area is 119 Å². The zero-order valence-corrected chi connectivity index (χ0v) is 12.3. The van der Waals surface area contributed by atoms with E-state index in [1.54, 1.807) is 32.0 Å². The third-order valence-corrected chi connectivity index (χ3v) is 3.32. The van der Waals surface area contributed by atoms with Crippen LogP contribution in [0.4, 0.5) is 4.39 Å². The van der Waals surface area contributed by atoms with E-state index in [4.69, 9.17) is 10.5 Å². The van der Waals surface area contributed by atoms with Gasteiger partial charge in [-0.25, -0.2) is 4.39 Å². The number of amides is 1. The zero-order chi connectivity index (χ0) is 15.2. The van der Waals surface area contributed by atoms with Gasteiger partial charge in [0.25, 0.3) is 0 Å². The smallest absolute Gasteiger partial charge is 0.237 e. The molecule has 112 valence electrons. The Morgan fingerprint density at radius 1 is 1.50 bits per heavy atom. The molecule has 0 saturated heterocycles. The molecular weight excluding hydrogens is 259 g/mol. The first kappa shape index (κ1) is 16.4. The normalized spacial score (nSPS) is 13.8. The van der Waals surface area contributed by atoms with Crippen LogP contribution in [-0.4, -0.2) is 24.6 Å². The van der Waals surface area contributed by atoms with Crippen LogP contribution >= 0.6 is 0 Å². The van der Waals surface area contributed by atoms with Crippen LogP contribution in [0.15, 0.2) is 18.2 Å². The number of hydrogen-bond acceptors (Lipinski definition) is 3. The number of nitrogens with one attached hydrogen (secondary N) is 1. The number of hydrogen-bond donors (Lipinski definition) is 2. The summed E-state index contributed by atoms with van der Waals surface area (Å²) in [4.78, 5) is 11.5. The lowest BCUT2D eigenvalue weighted by Gasteiger charge is -2.27. The Morgan fingerprint density at radius 3 is 2.80 bits per heavy atom.